The lowest BCUT2D eigenvalue weighted by Crippen LogP contribution is -2.40. The van der Waals surface area contributed by atoms with Crippen molar-refractivity contribution in [2.45, 2.75) is 45.7 Å². The number of halogens is 1. The highest BCUT2D eigenvalue weighted by Crippen LogP contribution is 2.14. The van der Waals surface area contributed by atoms with Crippen LogP contribution in [-0.2, 0) is 13.1 Å². The molecule has 2 N–H and O–H groups in total. The SMILES string of the molecule is CCNC(=NCc1ccc(CN2CCCCC2)cc1)NCC1CCN(C)C1.I. The Morgan fingerprint density at radius 3 is 2.39 bits per heavy atom. The molecule has 0 spiro atoms. The molecular weight excluding hydrogens is 461 g/mol. The molecule has 3 rings (SSSR count). The van der Waals surface area contributed by atoms with Gasteiger partial charge in [0.25, 0.3) is 0 Å². The van der Waals surface area contributed by atoms with Crippen LogP contribution in [0.1, 0.15) is 43.7 Å². The van der Waals surface area contributed by atoms with Crippen LogP contribution in [0.15, 0.2) is 29.3 Å². The minimum atomic E-state index is 0. The summed E-state index contributed by atoms with van der Waals surface area (Å²) in [6, 6.07) is 9.01. The summed E-state index contributed by atoms with van der Waals surface area (Å²) in [5.74, 6) is 1.66. The van der Waals surface area contributed by atoms with Crippen molar-refractivity contribution in [3.8, 4) is 0 Å². The zero-order chi connectivity index (χ0) is 18.9. The number of hydrogen-bond donors (Lipinski definition) is 2. The summed E-state index contributed by atoms with van der Waals surface area (Å²) in [4.78, 5) is 9.76. The highest BCUT2D eigenvalue weighted by Gasteiger charge is 2.19. The van der Waals surface area contributed by atoms with Crippen LogP contribution in [0.5, 0.6) is 0 Å². The molecule has 0 amide bonds. The van der Waals surface area contributed by atoms with Gasteiger partial charge in [-0.2, -0.15) is 0 Å². The van der Waals surface area contributed by atoms with Crippen molar-refractivity contribution in [3.05, 3.63) is 35.4 Å². The normalized spacial score (nSPS) is 21.4. The lowest BCUT2D eigenvalue weighted by Gasteiger charge is -2.26. The van der Waals surface area contributed by atoms with E-state index in [1.807, 2.05) is 0 Å². The Balaban J connectivity index is 0.00000280. The summed E-state index contributed by atoms with van der Waals surface area (Å²) >= 11 is 0. The number of aliphatic imine (C=N–C) groups is 1. The van der Waals surface area contributed by atoms with E-state index in [2.05, 4.69) is 58.7 Å². The molecule has 0 bridgehead atoms. The van der Waals surface area contributed by atoms with Gasteiger partial charge in [-0.25, -0.2) is 4.99 Å². The fourth-order valence-corrected chi connectivity index (χ4v) is 4.07. The number of benzene rings is 1. The topological polar surface area (TPSA) is 42.9 Å². The first-order valence-corrected chi connectivity index (χ1v) is 10.7. The molecule has 2 aliphatic heterocycles. The van der Waals surface area contributed by atoms with E-state index in [0.717, 1.165) is 38.1 Å². The monoisotopic (exact) mass is 499 g/mol. The number of nitrogens with zero attached hydrogens (tertiary/aromatic N) is 3. The lowest BCUT2D eigenvalue weighted by atomic mass is 10.1. The van der Waals surface area contributed by atoms with Crippen LogP contribution in [0.3, 0.4) is 0 Å². The van der Waals surface area contributed by atoms with Gasteiger partial charge in [0.15, 0.2) is 5.96 Å². The molecule has 1 unspecified atom stereocenters. The first kappa shape index (κ1) is 23.4. The Morgan fingerprint density at radius 2 is 1.75 bits per heavy atom. The molecule has 2 aliphatic rings. The standard InChI is InChI=1S/C22H37N5.HI/c1-3-23-22(25-16-21-11-14-26(2)17-21)24-15-19-7-9-20(10-8-19)18-27-12-5-4-6-13-27;/h7-10,21H,3-6,11-18H2,1-2H3,(H2,23,24,25);1H. The maximum atomic E-state index is 4.78. The lowest BCUT2D eigenvalue weighted by molar-refractivity contribution is 0.221. The summed E-state index contributed by atoms with van der Waals surface area (Å²) in [6.45, 7) is 10.7. The number of hydrogen-bond acceptors (Lipinski definition) is 3. The van der Waals surface area contributed by atoms with Gasteiger partial charge in [0.2, 0.25) is 0 Å². The number of rotatable bonds is 7. The summed E-state index contributed by atoms with van der Waals surface area (Å²) in [6.07, 6.45) is 5.38. The summed E-state index contributed by atoms with van der Waals surface area (Å²) in [5, 5.41) is 6.90. The Bertz CT molecular complexity index is 583. The number of guanidine groups is 1. The Kier molecular flexibility index (Phi) is 10.6. The van der Waals surface area contributed by atoms with E-state index < -0.39 is 0 Å². The molecule has 2 heterocycles. The number of likely N-dealkylation sites (tertiary alicyclic amines) is 2. The molecule has 158 valence electrons. The molecule has 0 saturated carbocycles. The molecule has 28 heavy (non-hydrogen) atoms. The maximum absolute atomic E-state index is 4.78. The second kappa shape index (κ2) is 12.6. The number of nitrogens with one attached hydrogen (secondary N) is 2. The predicted octanol–water partition coefficient (Wildman–Crippen LogP) is 3.30. The first-order valence-electron chi connectivity index (χ1n) is 10.7. The van der Waals surface area contributed by atoms with Gasteiger partial charge in [-0.1, -0.05) is 30.7 Å². The third-order valence-electron chi connectivity index (χ3n) is 5.69. The Hall–Kier alpha value is -0.860. The largest absolute Gasteiger partial charge is 0.357 e. The van der Waals surface area contributed by atoms with E-state index in [0.29, 0.717) is 0 Å². The summed E-state index contributed by atoms with van der Waals surface area (Å²) < 4.78 is 0. The quantitative estimate of drug-likeness (QED) is 0.343. The fraction of sp³-hybridized carbons (Fsp3) is 0.682. The molecule has 1 aromatic carbocycles. The van der Waals surface area contributed by atoms with Crippen LogP contribution in [-0.4, -0.2) is 62.1 Å². The van der Waals surface area contributed by atoms with Crippen LogP contribution in [0.4, 0.5) is 0 Å². The third-order valence-corrected chi connectivity index (χ3v) is 5.69. The van der Waals surface area contributed by atoms with E-state index in [9.17, 15) is 0 Å². The van der Waals surface area contributed by atoms with Gasteiger partial charge < -0.3 is 15.5 Å². The minimum absolute atomic E-state index is 0. The van der Waals surface area contributed by atoms with Crippen LogP contribution in [0.2, 0.25) is 0 Å². The van der Waals surface area contributed by atoms with E-state index in [1.54, 1.807) is 0 Å². The van der Waals surface area contributed by atoms with Crippen molar-refractivity contribution < 1.29 is 0 Å². The molecule has 2 fully saturated rings. The average molecular weight is 499 g/mol. The van der Waals surface area contributed by atoms with Gasteiger partial charge in [-0.15, -0.1) is 24.0 Å². The molecule has 5 nitrogen and oxygen atoms in total. The van der Waals surface area contributed by atoms with Crippen LogP contribution < -0.4 is 10.6 Å². The van der Waals surface area contributed by atoms with Gasteiger partial charge in [0.1, 0.15) is 0 Å². The second-order valence-corrected chi connectivity index (χ2v) is 8.15. The minimum Gasteiger partial charge on any atom is -0.357 e. The third kappa shape index (κ3) is 7.87. The fourth-order valence-electron chi connectivity index (χ4n) is 4.07. The van der Waals surface area contributed by atoms with Crippen LogP contribution in [0.25, 0.3) is 0 Å². The van der Waals surface area contributed by atoms with Crippen LogP contribution in [0, 0.1) is 5.92 Å². The number of piperidine rings is 1. The van der Waals surface area contributed by atoms with Crippen molar-refractivity contribution in [2.75, 3.05) is 46.3 Å². The molecule has 1 atom stereocenters. The highest BCUT2D eigenvalue weighted by molar-refractivity contribution is 14.0. The zero-order valence-electron chi connectivity index (χ0n) is 17.6. The molecule has 1 aromatic rings. The van der Waals surface area contributed by atoms with Gasteiger partial charge in [0, 0.05) is 26.2 Å². The van der Waals surface area contributed by atoms with E-state index in [4.69, 9.17) is 4.99 Å². The van der Waals surface area contributed by atoms with E-state index in [1.165, 1.54) is 63.0 Å². The highest BCUT2D eigenvalue weighted by atomic mass is 127. The van der Waals surface area contributed by atoms with Gasteiger partial charge >= 0.3 is 0 Å². The molecule has 2 saturated heterocycles. The Labute approximate surface area is 188 Å². The molecule has 6 heteroatoms. The van der Waals surface area contributed by atoms with Crippen molar-refractivity contribution in [1.82, 2.24) is 20.4 Å². The van der Waals surface area contributed by atoms with E-state index >= 15 is 0 Å². The van der Waals surface area contributed by atoms with Crippen LogP contribution >= 0.6 is 24.0 Å². The molecule has 0 aromatic heterocycles. The summed E-state index contributed by atoms with van der Waals surface area (Å²) in [7, 11) is 2.20. The van der Waals surface area contributed by atoms with Gasteiger partial charge in [-0.3, -0.25) is 4.90 Å². The van der Waals surface area contributed by atoms with Gasteiger partial charge in [0.05, 0.1) is 6.54 Å². The zero-order valence-corrected chi connectivity index (χ0v) is 20.0. The van der Waals surface area contributed by atoms with Gasteiger partial charge in [-0.05, 0) is 69.9 Å². The smallest absolute Gasteiger partial charge is 0.191 e. The van der Waals surface area contributed by atoms with Crippen molar-refractivity contribution in [1.29, 1.82) is 0 Å². The van der Waals surface area contributed by atoms with E-state index in [-0.39, 0.29) is 24.0 Å². The Morgan fingerprint density at radius 1 is 1.04 bits per heavy atom. The average Bonchev–Trinajstić information content (AvgIpc) is 3.11. The molecular formula is C22H38IN5. The predicted molar refractivity (Wildman–Crippen MR) is 129 cm³/mol. The van der Waals surface area contributed by atoms with Crippen molar-refractivity contribution in [3.63, 3.8) is 0 Å². The molecule has 0 radical (unpaired) electrons. The van der Waals surface area contributed by atoms with Crippen molar-refractivity contribution in [2.24, 2.45) is 10.9 Å². The van der Waals surface area contributed by atoms with Crippen molar-refractivity contribution >= 4 is 29.9 Å². The summed E-state index contributed by atoms with van der Waals surface area (Å²) in [5.41, 5.74) is 2.69. The second-order valence-electron chi connectivity index (χ2n) is 8.15. The maximum Gasteiger partial charge on any atom is 0.191 e. The first-order chi connectivity index (χ1) is 13.2. The molecule has 0 aliphatic carbocycles.